The summed E-state index contributed by atoms with van der Waals surface area (Å²) >= 11 is 0. The molecule has 4 heterocycles. The van der Waals surface area contributed by atoms with Crippen LogP contribution in [0.2, 0.25) is 0 Å². The molecule has 2 N–H and O–H groups in total. The summed E-state index contributed by atoms with van der Waals surface area (Å²) in [5.74, 6) is 3.69. The number of ether oxygens (including phenoxy) is 1. The Balaban J connectivity index is 0.000000297. The third-order valence-corrected chi connectivity index (χ3v) is 5.80. The zero-order valence-electron chi connectivity index (χ0n) is 20.1. The first-order valence-corrected chi connectivity index (χ1v) is 11.5. The van der Waals surface area contributed by atoms with Gasteiger partial charge in [0, 0.05) is 50.9 Å². The van der Waals surface area contributed by atoms with Gasteiger partial charge in [-0.15, -0.1) is 25.4 Å². The molecule has 33 heavy (non-hydrogen) atoms. The number of nitrogens with zero attached hydrogens (tertiary/aromatic N) is 3. The van der Waals surface area contributed by atoms with Gasteiger partial charge in [-0.1, -0.05) is 24.9 Å². The van der Waals surface area contributed by atoms with E-state index in [0.717, 1.165) is 55.9 Å². The Kier molecular flexibility index (Phi) is 10.8. The molecule has 0 aliphatic carbocycles. The van der Waals surface area contributed by atoms with Gasteiger partial charge < -0.3 is 26.1 Å². The summed E-state index contributed by atoms with van der Waals surface area (Å²) < 4.78 is 7.13. The molecule has 8 heteroatoms. The molecule has 177 valence electrons. The number of fused-ring (bicyclic) bond motifs is 1. The van der Waals surface area contributed by atoms with Crippen molar-refractivity contribution in [3.63, 3.8) is 0 Å². The third-order valence-electron chi connectivity index (χ3n) is 5.80. The summed E-state index contributed by atoms with van der Waals surface area (Å²) in [5, 5.41) is 8.55. The van der Waals surface area contributed by atoms with Crippen molar-refractivity contribution in [3.8, 4) is 12.3 Å². The van der Waals surface area contributed by atoms with E-state index in [2.05, 4.69) is 21.5 Å². The first-order chi connectivity index (χ1) is 15.3. The van der Waals surface area contributed by atoms with Crippen LogP contribution in [0.15, 0.2) is 18.3 Å². The van der Waals surface area contributed by atoms with Crippen LogP contribution in [-0.4, -0.2) is 40.9 Å². The molecule has 2 aliphatic rings. The molecule has 2 aromatic rings. The van der Waals surface area contributed by atoms with Crippen molar-refractivity contribution < 1.29 is 42.2 Å². The standard InChI is InChI=1S/C16H21N4O2.C9H14N.Y/c1-16(2,3)22-15(21)20-12-8-14(17)19-9-10(12)7-13(20)11-5-4-6-18-11;1-2-3-4-9-5-7-10-8-6-9;/h7-9,11,18H,4-6H2,1-3H3,(H-,17,19);1,9H,3-8H2;/q2*-1;. The number of hydrogen-bond acceptors (Lipinski definition) is 4. The van der Waals surface area contributed by atoms with Gasteiger partial charge in [0.05, 0.1) is 5.52 Å². The average molecular weight is 526 g/mol. The van der Waals surface area contributed by atoms with Crippen LogP contribution in [0.4, 0.5) is 10.6 Å². The summed E-state index contributed by atoms with van der Waals surface area (Å²) in [5.41, 5.74) is 8.72. The summed E-state index contributed by atoms with van der Waals surface area (Å²) in [6.07, 6.45) is 13.2. The molecule has 0 amide bonds. The second-order valence-corrected chi connectivity index (χ2v) is 9.52. The number of rotatable bonds is 3. The molecule has 7 nitrogen and oxygen atoms in total. The summed E-state index contributed by atoms with van der Waals surface area (Å²) in [4.78, 5) is 16.7. The van der Waals surface area contributed by atoms with Gasteiger partial charge >= 0.3 is 6.09 Å². The minimum Gasteiger partial charge on any atom is -0.662 e. The quantitative estimate of drug-likeness (QED) is 0.489. The molecule has 0 aromatic carbocycles. The van der Waals surface area contributed by atoms with E-state index in [0.29, 0.717) is 5.52 Å². The topological polar surface area (TPSA) is 94.0 Å². The number of nitrogens with one attached hydrogen (secondary N) is 2. The minimum absolute atomic E-state index is 0. The Morgan fingerprint density at radius 1 is 1.33 bits per heavy atom. The van der Waals surface area contributed by atoms with Gasteiger partial charge in [-0.05, 0) is 70.0 Å². The number of terminal acetylenes is 1. The predicted octanol–water partition coefficient (Wildman–Crippen LogP) is 6.11. The first kappa shape index (κ1) is 27.8. The first-order valence-electron chi connectivity index (χ1n) is 11.5. The van der Waals surface area contributed by atoms with Crippen LogP contribution in [0.5, 0.6) is 0 Å². The maximum atomic E-state index is 12.7. The largest absolute Gasteiger partial charge is 0.662 e. The van der Waals surface area contributed by atoms with Crippen molar-refractivity contribution >= 4 is 22.8 Å². The van der Waals surface area contributed by atoms with Crippen LogP contribution in [0.25, 0.3) is 22.0 Å². The van der Waals surface area contributed by atoms with E-state index in [-0.39, 0.29) is 44.6 Å². The van der Waals surface area contributed by atoms with E-state index in [1.807, 2.05) is 26.8 Å². The molecule has 2 fully saturated rings. The van der Waals surface area contributed by atoms with Crippen molar-refractivity contribution in [1.82, 2.24) is 14.9 Å². The van der Waals surface area contributed by atoms with Gasteiger partial charge in [0.1, 0.15) is 5.60 Å². The second kappa shape index (κ2) is 12.9. The molecule has 2 aromatic heterocycles. The molecule has 1 unspecified atom stereocenters. The van der Waals surface area contributed by atoms with Crippen LogP contribution in [0, 0.1) is 18.3 Å². The number of carbonyl (C=O) groups is 1. The van der Waals surface area contributed by atoms with E-state index in [1.54, 1.807) is 16.8 Å². The smallest absolute Gasteiger partial charge is 0.419 e. The molecule has 0 saturated carbocycles. The van der Waals surface area contributed by atoms with Gasteiger partial charge in [0.2, 0.25) is 0 Å². The Morgan fingerprint density at radius 2 is 2.06 bits per heavy atom. The van der Waals surface area contributed by atoms with Crippen LogP contribution in [0.1, 0.15) is 71.0 Å². The molecule has 0 bridgehead atoms. The number of hydrogen-bond donors (Lipinski definition) is 1. The van der Waals surface area contributed by atoms with Crippen molar-refractivity contribution in [1.29, 1.82) is 0 Å². The molecule has 2 saturated heterocycles. The van der Waals surface area contributed by atoms with Crippen molar-refractivity contribution in [2.45, 2.75) is 70.9 Å². The zero-order chi connectivity index (χ0) is 23.1. The third kappa shape index (κ3) is 8.07. The Labute approximate surface area is 222 Å². The molecule has 2 aliphatic heterocycles. The van der Waals surface area contributed by atoms with Crippen LogP contribution >= 0.6 is 0 Å². The summed E-state index contributed by atoms with van der Waals surface area (Å²) in [7, 11) is 0. The van der Waals surface area contributed by atoms with Gasteiger partial charge in [0.25, 0.3) is 0 Å². The SMILES string of the molecule is C#CCCC1CC[N-]CC1.CC(C)(C)OC(=O)n1c(C2CCCN2)cc2cnc([NH-])cc21.[Y]. The van der Waals surface area contributed by atoms with Gasteiger partial charge in [-0.3, -0.25) is 0 Å². The number of aromatic nitrogens is 2. The van der Waals surface area contributed by atoms with Crippen molar-refractivity contribution in [2.24, 2.45) is 5.92 Å². The van der Waals surface area contributed by atoms with Gasteiger partial charge in [-0.25, -0.2) is 9.36 Å². The molecule has 1 radical (unpaired) electrons. The van der Waals surface area contributed by atoms with Crippen LogP contribution in [0.3, 0.4) is 0 Å². The van der Waals surface area contributed by atoms with E-state index < -0.39 is 11.7 Å². The van der Waals surface area contributed by atoms with Crippen molar-refractivity contribution in [3.05, 3.63) is 35.1 Å². The molecule has 4 rings (SSSR count). The van der Waals surface area contributed by atoms with Crippen molar-refractivity contribution in [2.75, 3.05) is 19.6 Å². The van der Waals surface area contributed by atoms with E-state index in [4.69, 9.17) is 16.9 Å². The second-order valence-electron chi connectivity index (χ2n) is 9.52. The molecular formula is C25H35N5O2Y-2. The fourth-order valence-corrected chi connectivity index (χ4v) is 4.21. The zero-order valence-corrected chi connectivity index (χ0v) is 22.9. The minimum atomic E-state index is -0.565. The fourth-order valence-electron chi connectivity index (χ4n) is 4.21. The average Bonchev–Trinajstić information content (AvgIpc) is 3.39. The van der Waals surface area contributed by atoms with Gasteiger partial charge in [-0.2, -0.15) is 0 Å². The predicted molar refractivity (Wildman–Crippen MR) is 129 cm³/mol. The van der Waals surface area contributed by atoms with E-state index in [9.17, 15) is 4.79 Å². The maximum absolute atomic E-state index is 12.7. The Morgan fingerprint density at radius 3 is 2.67 bits per heavy atom. The summed E-state index contributed by atoms with van der Waals surface area (Å²) in [6, 6.07) is 3.71. The normalized spacial score (nSPS) is 18.7. The number of carbonyl (C=O) groups excluding carboxylic acids is 1. The summed E-state index contributed by atoms with van der Waals surface area (Å²) in [6.45, 7) is 8.62. The van der Waals surface area contributed by atoms with Crippen LogP contribution in [-0.2, 0) is 37.4 Å². The maximum Gasteiger partial charge on any atom is 0.419 e. The molecule has 1 atom stereocenters. The Hall–Kier alpha value is -1.46. The monoisotopic (exact) mass is 526 g/mol. The van der Waals surface area contributed by atoms with E-state index in [1.165, 1.54) is 19.3 Å². The Bertz CT molecular complexity index is 948. The van der Waals surface area contributed by atoms with Crippen LogP contribution < -0.4 is 5.32 Å². The van der Waals surface area contributed by atoms with Gasteiger partial charge in [0.15, 0.2) is 0 Å². The fraction of sp³-hybridized carbons (Fsp3) is 0.600. The number of pyridine rings is 1. The van der Waals surface area contributed by atoms with E-state index >= 15 is 0 Å². The number of piperidine rings is 1. The molecule has 0 spiro atoms. The molecular weight excluding hydrogens is 491 g/mol.